The summed E-state index contributed by atoms with van der Waals surface area (Å²) in [6, 6.07) is 8.47. The van der Waals surface area contributed by atoms with Gasteiger partial charge in [-0.3, -0.25) is 9.57 Å². The fraction of sp³-hybridized carbons (Fsp3) is 0.579. The lowest BCUT2D eigenvalue weighted by atomic mass is 9.96. The Morgan fingerprint density at radius 2 is 1.87 bits per heavy atom. The van der Waals surface area contributed by atoms with Gasteiger partial charge in [-0.1, -0.05) is 41.4 Å². The van der Waals surface area contributed by atoms with Gasteiger partial charge in [-0.15, -0.1) is 0 Å². The molecule has 1 fully saturated rings. The van der Waals surface area contributed by atoms with Crippen LogP contribution in [0, 0.1) is 5.92 Å². The molecule has 2 aromatic rings. The maximum atomic E-state index is 6.01. The van der Waals surface area contributed by atoms with Crippen molar-refractivity contribution in [2.75, 3.05) is 26.2 Å². The maximum Gasteiger partial charge on any atom is 0.134 e. The predicted octanol–water partition coefficient (Wildman–Crippen LogP) is 4.32. The Hall–Kier alpha value is -0.890. The van der Waals surface area contributed by atoms with Gasteiger partial charge in [-0.25, -0.2) is 0 Å². The molecule has 4 heteroatoms. The average molecular weight is 332 g/mol. The summed E-state index contributed by atoms with van der Waals surface area (Å²) in [5.41, 5.74) is 2.49. The van der Waals surface area contributed by atoms with Crippen LogP contribution < -0.4 is 0 Å². The summed E-state index contributed by atoms with van der Waals surface area (Å²) in [5, 5.41) is 1.32. The van der Waals surface area contributed by atoms with Crippen LogP contribution in [0.1, 0.15) is 38.0 Å². The van der Waals surface area contributed by atoms with E-state index in [4.69, 9.17) is 4.42 Å². The summed E-state index contributed by atoms with van der Waals surface area (Å²) in [5.74, 6) is 2.08. The Kier molecular flexibility index (Phi) is 5.74. The van der Waals surface area contributed by atoms with Crippen LogP contribution in [0.3, 0.4) is 0 Å². The molecule has 0 amide bonds. The lowest BCUT2D eigenvalue weighted by molar-refractivity contribution is 0.171. The monoisotopic (exact) mass is 332 g/mol. The fourth-order valence-electron chi connectivity index (χ4n) is 3.74. The van der Waals surface area contributed by atoms with Gasteiger partial charge in [0.1, 0.15) is 11.3 Å². The summed E-state index contributed by atoms with van der Waals surface area (Å²) in [4.78, 5) is 2.63. The predicted molar refractivity (Wildman–Crippen MR) is 101 cm³/mol. The molecule has 0 bridgehead atoms. The molecule has 3 heterocycles. The zero-order chi connectivity index (χ0) is 16.2. The molecule has 126 valence electrons. The number of rotatable bonds is 2. The van der Waals surface area contributed by atoms with Crippen molar-refractivity contribution < 1.29 is 4.42 Å². The summed E-state index contributed by atoms with van der Waals surface area (Å²) >= 11 is 0. The number of hydrogen-bond donors (Lipinski definition) is 0. The Bertz CT molecular complexity index is 631. The number of furan rings is 1. The number of para-hydroxylation sites is 1. The third kappa shape index (κ3) is 3.79. The van der Waals surface area contributed by atoms with Gasteiger partial charge in [0.25, 0.3) is 0 Å². The molecule has 0 saturated carbocycles. The summed E-state index contributed by atoms with van der Waals surface area (Å²) in [7, 11) is 2.84. The van der Waals surface area contributed by atoms with Crippen molar-refractivity contribution in [2.24, 2.45) is 5.92 Å². The van der Waals surface area contributed by atoms with E-state index < -0.39 is 0 Å². The first-order chi connectivity index (χ1) is 11.3. The molecule has 0 N–H and O–H groups in total. The van der Waals surface area contributed by atoms with Crippen LogP contribution in [-0.4, -0.2) is 35.7 Å². The quantitative estimate of drug-likeness (QED) is 0.764. The van der Waals surface area contributed by atoms with Crippen LogP contribution in [0.2, 0.25) is 0 Å². The van der Waals surface area contributed by atoms with E-state index in [9.17, 15) is 0 Å². The Labute approximate surface area is 142 Å². The zero-order valence-corrected chi connectivity index (χ0v) is 15.6. The lowest BCUT2D eigenvalue weighted by Crippen LogP contribution is -2.37. The SMILES string of the molecule is CC.PN1CCC(CN2CCc3oc4ccccc4c3C2)CC1. The molecule has 1 aromatic carbocycles. The second-order valence-electron chi connectivity index (χ2n) is 6.46. The minimum absolute atomic E-state index is 0.863. The van der Waals surface area contributed by atoms with Crippen LogP contribution in [0.4, 0.5) is 0 Å². The van der Waals surface area contributed by atoms with E-state index in [1.807, 2.05) is 13.8 Å². The second kappa shape index (κ2) is 7.79. The van der Waals surface area contributed by atoms with E-state index in [0.717, 1.165) is 31.0 Å². The number of hydrogen-bond acceptors (Lipinski definition) is 3. The van der Waals surface area contributed by atoms with E-state index in [-0.39, 0.29) is 0 Å². The molecular formula is C19H29N2OP. The largest absolute Gasteiger partial charge is 0.461 e. The summed E-state index contributed by atoms with van der Waals surface area (Å²) in [6.07, 6.45) is 3.73. The highest BCUT2D eigenvalue weighted by atomic mass is 31.0. The smallest absolute Gasteiger partial charge is 0.134 e. The average Bonchev–Trinajstić information content (AvgIpc) is 2.97. The van der Waals surface area contributed by atoms with Crippen molar-refractivity contribution in [3.8, 4) is 0 Å². The van der Waals surface area contributed by atoms with Crippen LogP contribution in [0.15, 0.2) is 28.7 Å². The van der Waals surface area contributed by atoms with E-state index in [1.165, 1.54) is 49.2 Å². The van der Waals surface area contributed by atoms with E-state index in [0.29, 0.717) is 0 Å². The molecular weight excluding hydrogens is 303 g/mol. The molecule has 2 aliphatic heterocycles. The van der Waals surface area contributed by atoms with Gasteiger partial charge in [-0.05, 0) is 24.8 Å². The van der Waals surface area contributed by atoms with Crippen LogP contribution in [-0.2, 0) is 13.0 Å². The highest BCUT2D eigenvalue weighted by molar-refractivity contribution is 7.13. The number of nitrogens with zero attached hydrogens (tertiary/aromatic N) is 2. The molecule has 1 atom stereocenters. The first-order valence-electron chi connectivity index (χ1n) is 9.01. The molecule has 4 rings (SSSR count). The van der Waals surface area contributed by atoms with Gasteiger partial charge in [0.15, 0.2) is 0 Å². The van der Waals surface area contributed by atoms with Gasteiger partial charge in [0.05, 0.1) is 0 Å². The highest BCUT2D eigenvalue weighted by Crippen LogP contribution is 2.31. The van der Waals surface area contributed by atoms with Crippen molar-refractivity contribution in [1.29, 1.82) is 0 Å². The van der Waals surface area contributed by atoms with Gasteiger partial charge >= 0.3 is 0 Å². The zero-order valence-electron chi connectivity index (χ0n) is 14.4. The second-order valence-corrected chi connectivity index (χ2v) is 7.19. The van der Waals surface area contributed by atoms with Crippen molar-refractivity contribution in [3.63, 3.8) is 0 Å². The Balaban J connectivity index is 0.000000753. The van der Waals surface area contributed by atoms with Gasteiger partial charge < -0.3 is 4.42 Å². The van der Waals surface area contributed by atoms with Crippen molar-refractivity contribution in [2.45, 2.75) is 39.7 Å². The summed E-state index contributed by atoms with van der Waals surface area (Å²) in [6.45, 7) is 9.91. The number of benzene rings is 1. The van der Waals surface area contributed by atoms with Crippen molar-refractivity contribution >= 4 is 20.4 Å². The summed E-state index contributed by atoms with van der Waals surface area (Å²) < 4.78 is 8.38. The molecule has 1 unspecified atom stereocenters. The minimum atomic E-state index is 0.863. The van der Waals surface area contributed by atoms with Gasteiger partial charge in [0, 0.05) is 50.1 Å². The Morgan fingerprint density at radius 3 is 2.65 bits per heavy atom. The lowest BCUT2D eigenvalue weighted by Gasteiger charge is -2.34. The molecule has 0 spiro atoms. The normalized spacial score (nSPS) is 20.1. The third-order valence-electron chi connectivity index (χ3n) is 4.98. The number of piperidine rings is 1. The molecule has 2 aliphatic rings. The van der Waals surface area contributed by atoms with E-state index in [1.54, 1.807) is 0 Å². The molecule has 0 aliphatic carbocycles. The first kappa shape index (κ1) is 17.0. The minimum Gasteiger partial charge on any atom is -0.461 e. The van der Waals surface area contributed by atoms with Gasteiger partial charge in [-0.2, -0.15) is 0 Å². The molecule has 3 nitrogen and oxygen atoms in total. The Morgan fingerprint density at radius 1 is 1.13 bits per heavy atom. The topological polar surface area (TPSA) is 19.6 Å². The molecule has 23 heavy (non-hydrogen) atoms. The van der Waals surface area contributed by atoms with Crippen LogP contribution in [0.5, 0.6) is 0 Å². The van der Waals surface area contributed by atoms with Crippen LogP contribution in [0.25, 0.3) is 11.0 Å². The third-order valence-corrected chi connectivity index (χ3v) is 5.50. The number of fused-ring (bicyclic) bond motifs is 3. The maximum absolute atomic E-state index is 6.01. The molecule has 1 saturated heterocycles. The molecule has 1 aromatic heterocycles. The van der Waals surface area contributed by atoms with Crippen molar-refractivity contribution in [1.82, 2.24) is 9.57 Å². The standard InChI is InChI=1S/C17H23N2OP.C2H6/c21-19-9-5-13(6-10-19)11-18-8-7-17-15(12-18)14-3-1-2-4-16(14)20-17;1-2/h1-4,13H,5-12,21H2;1-2H3. The van der Waals surface area contributed by atoms with E-state index in [2.05, 4.69) is 43.2 Å². The van der Waals surface area contributed by atoms with Crippen LogP contribution >= 0.6 is 9.39 Å². The first-order valence-corrected chi connectivity index (χ1v) is 9.52. The van der Waals surface area contributed by atoms with E-state index >= 15 is 0 Å². The highest BCUT2D eigenvalue weighted by Gasteiger charge is 2.25. The fourth-order valence-corrected chi connectivity index (χ4v) is 4.04. The van der Waals surface area contributed by atoms with Crippen molar-refractivity contribution in [3.05, 3.63) is 35.6 Å². The van der Waals surface area contributed by atoms with Gasteiger partial charge in [0.2, 0.25) is 0 Å². The molecule has 0 radical (unpaired) electrons.